The number of esters is 2. The van der Waals surface area contributed by atoms with E-state index < -0.39 is 58.9 Å². The van der Waals surface area contributed by atoms with Gasteiger partial charge in [-0.2, -0.15) is 0 Å². The molecule has 2 heterocycles. The maximum absolute atomic E-state index is 11.6. The highest BCUT2D eigenvalue weighted by Crippen LogP contribution is 2.71. The molecule has 3 fully saturated rings. The Morgan fingerprint density at radius 1 is 1.30 bits per heavy atom. The van der Waals surface area contributed by atoms with E-state index >= 15 is 0 Å². The van der Waals surface area contributed by atoms with Crippen LogP contribution in [0.3, 0.4) is 0 Å². The van der Waals surface area contributed by atoms with Crippen molar-refractivity contribution in [2.75, 3.05) is 13.2 Å². The zero-order valence-electron chi connectivity index (χ0n) is 15.9. The average Bonchev–Trinajstić information content (AvgIpc) is 3.34. The Labute approximate surface area is 157 Å². The first-order valence-corrected chi connectivity index (χ1v) is 9.23. The normalized spacial score (nSPS) is 50.0. The summed E-state index contributed by atoms with van der Waals surface area (Å²) >= 11 is 0. The highest BCUT2D eigenvalue weighted by Gasteiger charge is 2.84. The van der Waals surface area contributed by atoms with Gasteiger partial charge >= 0.3 is 11.9 Å². The van der Waals surface area contributed by atoms with Gasteiger partial charge in [-0.15, -0.1) is 0 Å². The third-order valence-corrected chi connectivity index (χ3v) is 7.16. The number of carbonyl (C=O) groups excluding carboxylic acids is 2. The van der Waals surface area contributed by atoms with E-state index in [4.69, 9.17) is 18.9 Å². The lowest BCUT2D eigenvalue weighted by molar-refractivity contribution is -0.264. The Balaban J connectivity index is 1.85. The standard InChI is InChI=1S/C19H26O8/c1-9-5-13-18(7-24-10(2)20,15(23)14(9)22)17(4)6-12(26-11(3)21)16(27-13)19(17)8-25-19/h5,12-16,22-23H,6-8H2,1-4H3/t12?,13-,14?,15?,16-,17-,18-,19-/m1/s1. The van der Waals surface area contributed by atoms with Crippen molar-refractivity contribution in [2.24, 2.45) is 10.8 Å². The Morgan fingerprint density at radius 3 is 2.52 bits per heavy atom. The summed E-state index contributed by atoms with van der Waals surface area (Å²) < 4.78 is 23.1. The molecule has 2 N–H and O–H groups in total. The summed E-state index contributed by atoms with van der Waals surface area (Å²) in [6, 6.07) is 0. The predicted octanol–water partition coefficient (Wildman–Crippen LogP) is 0.0957. The summed E-state index contributed by atoms with van der Waals surface area (Å²) in [5, 5.41) is 21.8. The van der Waals surface area contributed by atoms with Gasteiger partial charge in [-0.3, -0.25) is 9.59 Å². The summed E-state index contributed by atoms with van der Waals surface area (Å²) in [5.41, 5.74) is -2.02. The van der Waals surface area contributed by atoms with Crippen molar-refractivity contribution >= 4 is 11.9 Å². The lowest BCUT2D eigenvalue weighted by atomic mass is 9.50. The molecule has 2 bridgehead atoms. The third-order valence-electron chi connectivity index (χ3n) is 7.16. The van der Waals surface area contributed by atoms with Crippen LogP contribution < -0.4 is 0 Å². The Kier molecular flexibility index (Phi) is 4.03. The number of epoxide rings is 1. The van der Waals surface area contributed by atoms with Crippen LogP contribution in [0.25, 0.3) is 0 Å². The molecular weight excluding hydrogens is 356 g/mol. The SMILES string of the molecule is CC(=O)OC[C@]12C(O)C(O)C(C)=C[C@H]1O[C@@H]1C(OC(C)=O)C[C@@]2(C)[C@@]12CO2. The van der Waals surface area contributed by atoms with Crippen molar-refractivity contribution in [3.8, 4) is 0 Å². The number of aliphatic hydroxyl groups excluding tert-OH is 2. The van der Waals surface area contributed by atoms with Crippen LogP contribution in [0.1, 0.15) is 34.1 Å². The van der Waals surface area contributed by atoms with Crippen molar-refractivity contribution in [1.29, 1.82) is 0 Å². The minimum Gasteiger partial charge on any atom is -0.465 e. The van der Waals surface area contributed by atoms with Crippen LogP contribution in [-0.2, 0) is 28.5 Å². The van der Waals surface area contributed by atoms with Crippen molar-refractivity contribution < 1.29 is 38.7 Å². The van der Waals surface area contributed by atoms with Crippen LogP contribution in [0.15, 0.2) is 11.6 Å². The van der Waals surface area contributed by atoms with E-state index in [1.54, 1.807) is 13.0 Å². The molecule has 1 saturated carbocycles. The molecule has 0 aromatic carbocycles. The van der Waals surface area contributed by atoms with Gasteiger partial charge in [-0.25, -0.2) is 0 Å². The average molecular weight is 382 g/mol. The molecule has 8 atom stereocenters. The zero-order valence-corrected chi connectivity index (χ0v) is 15.9. The second kappa shape index (κ2) is 5.76. The number of hydrogen-bond donors (Lipinski definition) is 2. The second-order valence-electron chi connectivity index (χ2n) is 8.46. The molecule has 0 aromatic rings. The summed E-state index contributed by atoms with van der Waals surface area (Å²) in [6.07, 6.45) is -1.81. The van der Waals surface area contributed by atoms with Gasteiger partial charge in [0.15, 0.2) is 0 Å². The summed E-state index contributed by atoms with van der Waals surface area (Å²) in [4.78, 5) is 23.2. The number of ether oxygens (including phenoxy) is 4. The van der Waals surface area contributed by atoms with Gasteiger partial charge in [0.1, 0.15) is 30.5 Å². The molecule has 150 valence electrons. The molecule has 3 unspecified atom stereocenters. The summed E-state index contributed by atoms with van der Waals surface area (Å²) in [5.74, 6) is -0.901. The van der Waals surface area contributed by atoms with Crippen LogP contribution in [0.2, 0.25) is 0 Å². The molecule has 4 rings (SSSR count). The van der Waals surface area contributed by atoms with Crippen LogP contribution in [0.4, 0.5) is 0 Å². The maximum Gasteiger partial charge on any atom is 0.302 e. The minimum atomic E-state index is -1.23. The van der Waals surface area contributed by atoms with Crippen LogP contribution in [-0.4, -0.2) is 71.5 Å². The maximum atomic E-state index is 11.6. The van der Waals surface area contributed by atoms with Crippen molar-refractivity contribution in [2.45, 2.75) is 70.2 Å². The summed E-state index contributed by atoms with van der Waals surface area (Å²) in [7, 11) is 0. The van der Waals surface area contributed by atoms with Gasteiger partial charge in [0.2, 0.25) is 0 Å². The topological polar surface area (TPSA) is 115 Å². The van der Waals surface area contributed by atoms with E-state index in [0.717, 1.165) is 0 Å². The molecule has 4 aliphatic rings. The van der Waals surface area contributed by atoms with E-state index in [1.165, 1.54) is 13.8 Å². The molecule has 2 aliphatic carbocycles. The molecule has 27 heavy (non-hydrogen) atoms. The molecule has 8 nitrogen and oxygen atoms in total. The van der Waals surface area contributed by atoms with E-state index in [9.17, 15) is 19.8 Å². The second-order valence-corrected chi connectivity index (χ2v) is 8.46. The van der Waals surface area contributed by atoms with E-state index in [2.05, 4.69) is 0 Å². The Bertz CT molecular complexity index is 712. The fraction of sp³-hybridized carbons (Fsp3) is 0.789. The first-order valence-electron chi connectivity index (χ1n) is 9.23. The first kappa shape index (κ1) is 18.9. The molecule has 0 aromatic heterocycles. The Morgan fingerprint density at radius 2 is 1.96 bits per heavy atom. The number of rotatable bonds is 3. The number of fused-ring (bicyclic) bond motifs is 2. The smallest absolute Gasteiger partial charge is 0.302 e. The van der Waals surface area contributed by atoms with Crippen molar-refractivity contribution in [1.82, 2.24) is 0 Å². The number of hydrogen-bond acceptors (Lipinski definition) is 8. The lowest BCUT2D eigenvalue weighted by Gasteiger charge is -2.59. The molecule has 1 spiro atoms. The molecule has 2 saturated heterocycles. The largest absolute Gasteiger partial charge is 0.465 e. The van der Waals surface area contributed by atoms with Gasteiger partial charge in [0, 0.05) is 19.3 Å². The van der Waals surface area contributed by atoms with Gasteiger partial charge in [0.25, 0.3) is 0 Å². The Hall–Kier alpha value is -1.48. The molecule has 2 aliphatic heterocycles. The van der Waals surface area contributed by atoms with E-state index in [-0.39, 0.29) is 6.61 Å². The first-order chi connectivity index (χ1) is 12.6. The molecule has 0 amide bonds. The van der Waals surface area contributed by atoms with Gasteiger partial charge < -0.3 is 29.2 Å². The minimum absolute atomic E-state index is 0.129. The van der Waals surface area contributed by atoms with E-state index in [1.807, 2.05) is 6.92 Å². The highest BCUT2D eigenvalue weighted by molar-refractivity contribution is 5.66. The van der Waals surface area contributed by atoms with Gasteiger partial charge in [-0.05, 0) is 18.9 Å². The number of aliphatic hydroxyl groups is 2. The monoisotopic (exact) mass is 382 g/mol. The fourth-order valence-electron chi connectivity index (χ4n) is 5.65. The molecule has 0 radical (unpaired) electrons. The number of carbonyl (C=O) groups is 2. The third kappa shape index (κ3) is 2.24. The zero-order chi connectivity index (χ0) is 19.8. The van der Waals surface area contributed by atoms with Gasteiger partial charge in [0.05, 0.1) is 24.2 Å². The van der Waals surface area contributed by atoms with Gasteiger partial charge in [-0.1, -0.05) is 13.0 Å². The quantitative estimate of drug-likeness (QED) is 0.401. The summed E-state index contributed by atoms with van der Waals surface area (Å²) in [6.45, 7) is 6.57. The highest BCUT2D eigenvalue weighted by atomic mass is 16.7. The van der Waals surface area contributed by atoms with Crippen molar-refractivity contribution in [3.63, 3.8) is 0 Å². The van der Waals surface area contributed by atoms with E-state index in [0.29, 0.717) is 18.6 Å². The van der Waals surface area contributed by atoms with Crippen molar-refractivity contribution in [3.05, 3.63) is 11.6 Å². The predicted molar refractivity (Wildman–Crippen MR) is 90.5 cm³/mol. The van der Waals surface area contributed by atoms with Crippen LogP contribution >= 0.6 is 0 Å². The van der Waals surface area contributed by atoms with Crippen LogP contribution in [0, 0.1) is 10.8 Å². The molecular formula is C19H26O8. The fourth-order valence-corrected chi connectivity index (χ4v) is 5.65. The lowest BCUT2D eigenvalue weighted by Crippen LogP contribution is -2.71. The van der Waals surface area contributed by atoms with Crippen LogP contribution in [0.5, 0.6) is 0 Å². The molecule has 8 heteroatoms.